The highest BCUT2D eigenvalue weighted by atomic mass is 32.2. The van der Waals surface area contributed by atoms with Crippen LogP contribution in [-0.4, -0.2) is 46.4 Å². The molecule has 0 fully saturated rings. The lowest BCUT2D eigenvalue weighted by Crippen LogP contribution is -2.33. The van der Waals surface area contributed by atoms with Crippen molar-refractivity contribution in [3.63, 3.8) is 0 Å². The molecule has 7 nitrogen and oxygen atoms in total. The molecule has 1 unspecified atom stereocenters. The Morgan fingerprint density at radius 3 is 2.32 bits per heavy atom. The summed E-state index contributed by atoms with van der Waals surface area (Å²) in [5.74, 6) is -1.59. The van der Waals surface area contributed by atoms with Gasteiger partial charge in [-0.05, 0) is 25.5 Å². The van der Waals surface area contributed by atoms with Crippen LogP contribution in [0.25, 0.3) is 10.9 Å². The van der Waals surface area contributed by atoms with Gasteiger partial charge in [-0.3, -0.25) is 10.1 Å². The van der Waals surface area contributed by atoms with Crippen LogP contribution in [0, 0.1) is 17.0 Å². The van der Waals surface area contributed by atoms with Crippen molar-refractivity contribution in [3.05, 3.63) is 39.6 Å². The van der Waals surface area contributed by atoms with Crippen LogP contribution >= 0.6 is 11.8 Å². The van der Waals surface area contributed by atoms with Gasteiger partial charge in [0.05, 0.1) is 28.1 Å². The standard InChI is InChI=1S/C16H19F3N2O5S2/c1-4-15(22,8-27-9-16(17,18)19)14-7-11-6-12(21(23)24)10(2)5-13(11)20(14)28(3,25)26/h5-7,22H,4,8-9H2,1-3H3. The van der Waals surface area contributed by atoms with E-state index in [0.29, 0.717) is 11.8 Å². The van der Waals surface area contributed by atoms with E-state index in [2.05, 4.69) is 0 Å². The quantitative estimate of drug-likeness (QED) is 0.522. The fourth-order valence-corrected chi connectivity index (χ4v) is 5.01. The molecule has 156 valence electrons. The van der Waals surface area contributed by atoms with E-state index in [4.69, 9.17) is 0 Å². The molecule has 0 spiro atoms. The highest BCUT2D eigenvalue weighted by Gasteiger charge is 2.36. The van der Waals surface area contributed by atoms with E-state index in [1.807, 2.05) is 0 Å². The van der Waals surface area contributed by atoms with E-state index in [-0.39, 0.29) is 34.3 Å². The van der Waals surface area contributed by atoms with Crippen molar-refractivity contribution in [2.75, 3.05) is 17.8 Å². The fourth-order valence-electron chi connectivity index (χ4n) is 2.89. The second-order valence-corrected chi connectivity index (χ2v) is 9.32. The maximum Gasteiger partial charge on any atom is 0.397 e. The molecular formula is C16H19F3N2O5S2. The van der Waals surface area contributed by atoms with Crippen molar-refractivity contribution >= 4 is 38.4 Å². The SMILES string of the molecule is CCC(O)(CSCC(F)(F)F)c1cc2cc([N+](=O)[O-])c(C)cc2n1S(C)(=O)=O. The van der Waals surface area contributed by atoms with Gasteiger partial charge in [0, 0.05) is 22.8 Å². The van der Waals surface area contributed by atoms with Crippen LogP contribution < -0.4 is 0 Å². The van der Waals surface area contributed by atoms with Gasteiger partial charge in [0.1, 0.15) is 5.60 Å². The molecule has 0 saturated carbocycles. The Bertz CT molecular complexity index is 1020. The minimum atomic E-state index is -4.43. The lowest BCUT2D eigenvalue weighted by atomic mass is 9.99. The molecule has 0 aliphatic rings. The molecular weight excluding hydrogens is 421 g/mol. The molecule has 0 radical (unpaired) electrons. The van der Waals surface area contributed by atoms with Crippen molar-refractivity contribution < 1.29 is 31.6 Å². The summed E-state index contributed by atoms with van der Waals surface area (Å²) in [6.45, 7) is 2.97. The van der Waals surface area contributed by atoms with Gasteiger partial charge in [0.2, 0.25) is 10.0 Å². The molecule has 0 aliphatic heterocycles. The van der Waals surface area contributed by atoms with Gasteiger partial charge >= 0.3 is 6.18 Å². The maximum absolute atomic E-state index is 12.5. The average Bonchev–Trinajstić information content (AvgIpc) is 2.91. The second-order valence-electron chi connectivity index (χ2n) is 6.50. The van der Waals surface area contributed by atoms with Crippen LogP contribution in [0.2, 0.25) is 0 Å². The van der Waals surface area contributed by atoms with Gasteiger partial charge in [0.25, 0.3) is 5.69 Å². The predicted molar refractivity (Wildman–Crippen MR) is 101 cm³/mol. The zero-order valence-electron chi connectivity index (χ0n) is 15.3. The van der Waals surface area contributed by atoms with Crippen molar-refractivity contribution in [3.8, 4) is 0 Å². The zero-order chi connectivity index (χ0) is 21.5. The smallest absolute Gasteiger partial charge is 0.383 e. The number of fused-ring (bicyclic) bond motifs is 1. The van der Waals surface area contributed by atoms with E-state index in [1.165, 1.54) is 32.0 Å². The summed E-state index contributed by atoms with van der Waals surface area (Å²) in [5, 5.41) is 22.3. The summed E-state index contributed by atoms with van der Waals surface area (Å²) >= 11 is 0.436. The molecule has 1 heterocycles. The fraction of sp³-hybridized carbons (Fsp3) is 0.500. The number of nitro benzene ring substituents is 1. The number of rotatable bonds is 7. The van der Waals surface area contributed by atoms with Crippen molar-refractivity contribution in [1.29, 1.82) is 0 Å². The first kappa shape index (κ1) is 22.5. The average molecular weight is 440 g/mol. The van der Waals surface area contributed by atoms with Crippen molar-refractivity contribution in [2.45, 2.75) is 32.0 Å². The molecule has 12 heteroatoms. The first-order valence-corrected chi connectivity index (χ1v) is 11.1. The number of benzene rings is 1. The number of thioether (sulfide) groups is 1. The summed E-state index contributed by atoms with van der Waals surface area (Å²) in [6, 6.07) is 3.78. The van der Waals surface area contributed by atoms with Crippen LogP contribution in [-0.2, 0) is 15.6 Å². The number of aryl methyl sites for hydroxylation is 1. The minimum Gasteiger partial charge on any atom is -0.383 e. The monoisotopic (exact) mass is 440 g/mol. The number of aliphatic hydroxyl groups is 1. The summed E-state index contributed by atoms with van der Waals surface area (Å²) in [5.41, 5.74) is -1.88. The highest BCUT2D eigenvalue weighted by molar-refractivity contribution is 7.99. The zero-order valence-corrected chi connectivity index (χ0v) is 16.9. The molecule has 28 heavy (non-hydrogen) atoms. The van der Waals surface area contributed by atoms with Crippen LogP contribution in [0.15, 0.2) is 18.2 Å². The first-order chi connectivity index (χ1) is 12.7. The Kier molecular flexibility index (Phi) is 6.07. The third kappa shape index (κ3) is 4.61. The molecule has 1 aromatic heterocycles. The largest absolute Gasteiger partial charge is 0.397 e. The normalized spacial score (nSPS) is 15.0. The number of hydrogen-bond donors (Lipinski definition) is 1. The van der Waals surface area contributed by atoms with Crippen LogP contribution in [0.5, 0.6) is 0 Å². The molecule has 0 amide bonds. The van der Waals surface area contributed by atoms with Gasteiger partial charge in [-0.25, -0.2) is 12.4 Å². The third-order valence-electron chi connectivity index (χ3n) is 4.27. The number of nitro groups is 1. The van der Waals surface area contributed by atoms with Gasteiger partial charge < -0.3 is 5.11 Å². The number of alkyl halides is 3. The molecule has 1 N–H and O–H groups in total. The predicted octanol–water partition coefficient (Wildman–Crippen LogP) is 3.56. The lowest BCUT2D eigenvalue weighted by Gasteiger charge is -2.28. The number of halogens is 3. The Hall–Kier alpha value is -1.79. The molecule has 1 atom stereocenters. The lowest BCUT2D eigenvalue weighted by molar-refractivity contribution is -0.385. The molecule has 0 aliphatic carbocycles. The summed E-state index contributed by atoms with van der Waals surface area (Å²) in [4.78, 5) is 10.6. The second kappa shape index (κ2) is 7.56. The van der Waals surface area contributed by atoms with E-state index >= 15 is 0 Å². The van der Waals surface area contributed by atoms with E-state index in [0.717, 1.165) is 10.2 Å². The van der Waals surface area contributed by atoms with Crippen LogP contribution in [0.1, 0.15) is 24.6 Å². The third-order valence-corrected chi connectivity index (χ3v) is 6.54. The van der Waals surface area contributed by atoms with E-state index in [1.54, 1.807) is 0 Å². The number of hydrogen-bond acceptors (Lipinski definition) is 6. The topological polar surface area (TPSA) is 102 Å². The van der Waals surface area contributed by atoms with Crippen LogP contribution in [0.3, 0.4) is 0 Å². The Balaban J connectivity index is 2.68. The van der Waals surface area contributed by atoms with Gasteiger partial charge in [-0.1, -0.05) is 6.92 Å². The first-order valence-electron chi connectivity index (χ1n) is 8.08. The van der Waals surface area contributed by atoms with E-state index in [9.17, 15) is 36.8 Å². The van der Waals surface area contributed by atoms with Gasteiger partial charge in [-0.2, -0.15) is 13.2 Å². The molecule has 0 bridgehead atoms. The van der Waals surface area contributed by atoms with E-state index < -0.39 is 38.2 Å². The van der Waals surface area contributed by atoms with Crippen molar-refractivity contribution in [1.82, 2.24) is 3.97 Å². The summed E-state index contributed by atoms with van der Waals surface area (Å²) in [7, 11) is -3.96. The molecule has 2 rings (SSSR count). The Morgan fingerprint density at radius 2 is 1.86 bits per heavy atom. The van der Waals surface area contributed by atoms with Gasteiger partial charge in [-0.15, -0.1) is 11.8 Å². The number of nitrogens with zero attached hydrogens (tertiary/aromatic N) is 2. The van der Waals surface area contributed by atoms with Crippen LogP contribution in [0.4, 0.5) is 18.9 Å². The molecule has 1 aromatic carbocycles. The van der Waals surface area contributed by atoms with Gasteiger partial charge in [0.15, 0.2) is 0 Å². The summed E-state index contributed by atoms with van der Waals surface area (Å²) in [6.07, 6.45) is -3.59. The molecule has 0 saturated heterocycles. The Morgan fingerprint density at radius 1 is 1.25 bits per heavy atom. The maximum atomic E-state index is 12.5. The van der Waals surface area contributed by atoms with Crippen molar-refractivity contribution in [2.24, 2.45) is 0 Å². The Labute approximate surface area is 163 Å². The molecule has 2 aromatic rings. The minimum absolute atomic E-state index is 0.0508. The summed E-state index contributed by atoms with van der Waals surface area (Å²) < 4.78 is 63.0. The highest BCUT2D eigenvalue weighted by Crippen LogP contribution is 2.37. The number of aromatic nitrogens is 1.